The number of amides is 1. The van der Waals surface area contributed by atoms with Crippen LogP contribution >= 0.6 is 0 Å². The summed E-state index contributed by atoms with van der Waals surface area (Å²) in [6, 6.07) is 5.80. The Morgan fingerprint density at radius 3 is 2.71 bits per heavy atom. The van der Waals surface area contributed by atoms with E-state index in [2.05, 4.69) is 0 Å². The molecule has 3 rings (SSSR count). The molecule has 3 nitrogen and oxygen atoms in total. The molecule has 4 heteroatoms. The normalized spacial score (nSPS) is 22.1. The molecular weight excluding hydrogens is 219 g/mol. The zero-order chi connectivity index (χ0) is 12.0. The Bertz CT molecular complexity index is 464. The Hall–Kier alpha value is -1.42. The van der Waals surface area contributed by atoms with Crippen molar-refractivity contribution < 1.29 is 9.18 Å². The van der Waals surface area contributed by atoms with Gasteiger partial charge in [0.25, 0.3) is 5.91 Å². The van der Waals surface area contributed by atoms with E-state index in [1.54, 1.807) is 17.0 Å². The lowest BCUT2D eigenvalue weighted by Gasteiger charge is -2.48. The molecule has 1 aliphatic heterocycles. The van der Waals surface area contributed by atoms with Crippen molar-refractivity contribution >= 4 is 5.91 Å². The molecule has 1 saturated carbocycles. The molecule has 0 unspecified atom stereocenters. The number of rotatable bonds is 2. The Balaban J connectivity index is 1.69. The highest BCUT2D eigenvalue weighted by Gasteiger charge is 2.51. The van der Waals surface area contributed by atoms with Gasteiger partial charge in [-0.1, -0.05) is 6.07 Å². The van der Waals surface area contributed by atoms with Gasteiger partial charge in [0.05, 0.1) is 5.54 Å². The maximum Gasteiger partial charge on any atom is 0.254 e. The van der Waals surface area contributed by atoms with Crippen molar-refractivity contribution in [1.29, 1.82) is 0 Å². The lowest BCUT2D eigenvalue weighted by molar-refractivity contribution is 0.0350. The van der Waals surface area contributed by atoms with Crippen molar-refractivity contribution in [2.45, 2.75) is 18.4 Å². The standard InChI is InChI=1S/C13H15FN2O/c14-11-3-1-2-9(6-11)12(17)16-7-13(15,8-16)10-4-5-10/h1-3,6,10H,4-5,7-8,15H2. The second-order valence-corrected chi connectivity index (χ2v) is 5.18. The van der Waals surface area contributed by atoms with Gasteiger partial charge in [-0.25, -0.2) is 4.39 Å². The molecule has 1 amide bonds. The third-order valence-corrected chi connectivity index (χ3v) is 3.72. The first-order valence-corrected chi connectivity index (χ1v) is 5.92. The van der Waals surface area contributed by atoms with Gasteiger partial charge in [-0.05, 0) is 37.0 Å². The van der Waals surface area contributed by atoms with Crippen molar-refractivity contribution in [2.24, 2.45) is 11.7 Å². The van der Waals surface area contributed by atoms with E-state index < -0.39 is 0 Å². The van der Waals surface area contributed by atoms with Crippen LogP contribution in [0.3, 0.4) is 0 Å². The van der Waals surface area contributed by atoms with Gasteiger partial charge in [0.1, 0.15) is 5.82 Å². The molecule has 0 spiro atoms. The monoisotopic (exact) mass is 234 g/mol. The highest BCUT2D eigenvalue weighted by molar-refractivity contribution is 5.95. The van der Waals surface area contributed by atoms with Crippen LogP contribution < -0.4 is 5.73 Å². The van der Waals surface area contributed by atoms with Gasteiger partial charge in [0.2, 0.25) is 0 Å². The Labute approximate surface area is 99.4 Å². The number of carbonyl (C=O) groups excluding carboxylic acids is 1. The number of hydrogen-bond donors (Lipinski definition) is 1. The predicted molar refractivity (Wildman–Crippen MR) is 61.9 cm³/mol. The van der Waals surface area contributed by atoms with Gasteiger partial charge in [-0.15, -0.1) is 0 Å². The largest absolute Gasteiger partial charge is 0.335 e. The maximum absolute atomic E-state index is 13.0. The molecule has 17 heavy (non-hydrogen) atoms. The number of nitrogens with two attached hydrogens (primary N) is 1. The van der Waals surface area contributed by atoms with Crippen molar-refractivity contribution in [1.82, 2.24) is 4.90 Å². The van der Waals surface area contributed by atoms with E-state index >= 15 is 0 Å². The lowest BCUT2D eigenvalue weighted by atomic mass is 9.85. The minimum absolute atomic E-state index is 0.119. The molecule has 2 N–H and O–H groups in total. The average molecular weight is 234 g/mol. The minimum Gasteiger partial charge on any atom is -0.335 e. The first kappa shape index (κ1) is 10.7. The number of nitrogens with zero attached hydrogens (tertiary/aromatic N) is 1. The topological polar surface area (TPSA) is 46.3 Å². The molecule has 1 aliphatic carbocycles. The van der Waals surface area contributed by atoms with E-state index in [0.29, 0.717) is 24.6 Å². The summed E-state index contributed by atoms with van der Waals surface area (Å²) in [6.45, 7) is 1.21. The lowest BCUT2D eigenvalue weighted by Crippen LogP contribution is -2.69. The summed E-state index contributed by atoms with van der Waals surface area (Å²) >= 11 is 0. The van der Waals surface area contributed by atoms with E-state index in [1.165, 1.54) is 25.0 Å². The Kier molecular flexibility index (Phi) is 2.23. The fourth-order valence-corrected chi connectivity index (χ4v) is 2.53. The van der Waals surface area contributed by atoms with E-state index in [0.717, 1.165) is 0 Å². The van der Waals surface area contributed by atoms with Crippen LogP contribution in [0.5, 0.6) is 0 Å². The third-order valence-electron chi connectivity index (χ3n) is 3.72. The van der Waals surface area contributed by atoms with Crippen LogP contribution in [0.2, 0.25) is 0 Å². The zero-order valence-corrected chi connectivity index (χ0v) is 9.53. The average Bonchev–Trinajstić information content (AvgIpc) is 3.08. The molecular formula is C13H15FN2O. The van der Waals surface area contributed by atoms with E-state index in [4.69, 9.17) is 5.73 Å². The summed E-state index contributed by atoms with van der Waals surface area (Å²) in [7, 11) is 0. The highest BCUT2D eigenvalue weighted by atomic mass is 19.1. The number of hydrogen-bond acceptors (Lipinski definition) is 2. The summed E-state index contributed by atoms with van der Waals surface area (Å²) < 4.78 is 13.0. The van der Waals surface area contributed by atoms with Crippen LogP contribution in [0, 0.1) is 11.7 Å². The smallest absolute Gasteiger partial charge is 0.254 e. The number of likely N-dealkylation sites (tertiary alicyclic amines) is 1. The van der Waals surface area contributed by atoms with Crippen molar-refractivity contribution in [2.75, 3.05) is 13.1 Å². The Morgan fingerprint density at radius 2 is 2.12 bits per heavy atom. The van der Waals surface area contributed by atoms with Gasteiger partial charge in [-0.2, -0.15) is 0 Å². The van der Waals surface area contributed by atoms with Crippen molar-refractivity contribution in [3.05, 3.63) is 35.6 Å². The van der Waals surface area contributed by atoms with Crippen LogP contribution in [0.4, 0.5) is 4.39 Å². The van der Waals surface area contributed by atoms with Gasteiger partial charge >= 0.3 is 0 Å². The first-order chi connectivity index (χ1) is 8.08. The molecule has 1 aromatic carbocycles. The van der Waals surface area contributed by atoms with Gasteiger partial charge in [-0.3, -0.25) is 4.79 Å². The molecule has 0 atom stereocenters. The first-order valence-electron chi connectivity index (χ1n) is 5.92. The highest BCUT2D eigenvalue weighted by Crippen LogP contribution is 2.43. The molecule has 1 aromatic rings. The summed E-state index contributed by atoms with van der Waals surface area (Å²) in [6.07, 6.45) is 2.36. The second kappa shape index (κ2) is 3.53. The Morgan fingerprint density at radius 1 is 1.41 bits per heavy atom. The van der Waals surface area contributed by atoms with Gasteiger partial charge < -0.3 is 10.6 Å². The van der Waals surface area contributed by atoms with E-state index in [9.17, 15) is 9.18 Å². The van der Waals surface area contributed by atoms with Crippen molar-refractivity contribution in [3.63, 3.8) is 0 Å². The molecule has 0 aromatic heterocycles. The quantitative estimate of drug-likeness (QED) is 0.840. The van der Waals surface area contributed by atoms with Gasteiger partial charge in [0.15, 0.2) is 0 Å². The third kappa shape index (κ3) is 1.82. The summed E-state index contributed by atoms with van der Waals surface area (Å²) in [4.78, 5) is 13.7. The van der Waals surface area contributed by atoms with Crippen molar-refractivity contribution in [3.8, 4) is 0 Å². The van der Waals surface area contributed by atoms with Crippen LogP contribution in [0.15, 0.2) is 24.3 Å². The summed E-state index contributed by atoms with van der Waals surface area (Å²) in [5.74, 6) is 0.0860. The number of carbonyl (C=O) groups is 1. The maximum atomic E-state index is 13.0. The fourth-order valence-electron chi connectivity index (χ4n) is 2.53. The molecule has 0 radical (unpaired) electrons. The molecule has 1 saturated heterocycles. The molecule has 2 fully saturated rings. The molecule has 0 bridgehead atoms. The van der Waals surface area contributed by atoms with Crippen LogP contribution in [0.1, 0.15) is 23.2 Å². The van der Waals surface area contributed by atoms with Crippen LogP contribution in [-0.2, 0) is 0 Å². The predicted octanol–water partition coefficient (Wildman–Crippen LogP) is 1.39. The summed E-state index contributed by atoms with van der Waals surface area (Å²) in [5.41, 5.74) is 6.40. The van der Waals surface area contributed by atoms with Gasteiger partial charge in [0, 0.05) is 18.7 Å². The van der Waals surface area contributed by atoms with Crippen LogP contribution in [0.25, 0.3) is 0 Å². The number of benzene rings is 1. The minimum atomic E-state index is -0.377. The molecule has 90 valence electrons. The van der Waals surface area contributed by atoms with E-state index in [1.807, 2.05) is 0 Å². The summed E-state index contributed by atoms with van der Waals surface area (Å²) in [5, 5.41) is 0. The second-order valence-electron chi connectivity index (χ2n) is 5.18. The zero-order valence-electron chi connectivity index (χ0n) is 9.53. The fraction of sp³-hybridized carbons (Fsp3) is 0.462. The van der Waals surface area contributed by atoms with E-state index in [-0.39, 0.29) is 17.3 Å². The van der Waals surface area contributed by atoms with Crippen LogP contribution in [-0.4, -0.2) is 29.4 Å². The number of halogens is 1. The SMILES string of the molecule is NC1(C2CC2)CN(C(=O)c2cccc(F)c2)C1. The molecule has 2 aliphatic rings. The molecule has 1 heterocycles.